The number of hydrogen-bond donors (Lipinski definition) is 2. The van der Waals surface area contributed by atoms with Crippen LogP contribution in [0.2, 0.25) is 5.02 Å². The van der Waals surface area contributed by atoms with Gasteiger partial charge in [0.1, 0.15) is 5.82 Å². The van der Waals surface area contributed by atoms with Crippen molar-refractivity contribution in [1.82, 2.24) is 15.5 Å². The molecule has 1 fully saturated rings. The highest BCUT2D eigenvalue weighted by Gasteiger charge is 2.24. The van der Waals surface area contributed by atoms with Crippen molar-refractivity contribution in [2.24, 2.45) is 10.9 Å². The van der Waals surface area contributed by atoms with Crippen LogP contribution in [-0.4, -0.2) is 49.5 Å². The number of hydrogen-bond acceptors (Lipinski definition) is 2. The summed E-state index contributed by atoms with van der Waals surface area (Å²) in [5.41, 5.74) is 0.512. The summed E-state index contributed by atoms with van der Waals surface area (Å²) in [6.45, 7) is 5.92. The van der Waals surface area contributed by atoms with Crippen LogP contribution in [0.4, 0.5) is 4.39 Å². The molecule has 2 N–H and O–H groups in total. The van der Waals surface area contributed by atoms with Crippen molar-refractivity contribution in [1.29, 1.82) is 0 Å². The normalized spacial score (nSPS) is 15.5. The molecule has 1 heterocycles. The molecule has 2 rings (SSSR count). The first-order valence-electron chi connectivity index (χ1n) is 9.11. The van der Waals surface area contributed by atoms with Crippen molar-refractivity contribution in [3.8, 4) is 0 Å². The van der Waals surface area contributed by atoms with E-state index in [0.717, 1.165) is 25.9 Å². The van der Waals surface area contributed by atoms with Crippen molar-refractivity contribution in [3.63, 3.8) is 0 Å². The minimum atomic E-state index is -0.288. The Morgan fingerprint density at radius 1 is 1.37 bits per heavy atom. The quantitative estimate of drug-likeness (QED) is 0.362. The van der Waals surface area contributed by atoms with E-state index in [1.54, 1.807) is 19.2 Å². The first-order valence-corrected chi connectivity index (χ1v) is 9.49. The monoisotopic (exact) mass is 510 g/mol. The molecule has 1 saturated heterocycles. The number of nitrogens with one attached hydrogen (secondary N) is 2. The Morgan fingerprint density at radius 3 is 2.59 bits per heavy atom. The molecule has 1 aliphatic rings. The van der Waals surface area contributed by atoms with Crippen LogP contribution in [-0.2, 0) is 11.2 Å². The molecule has 8 heteroatoms. The molecule has 152 valence electrons. The lowest BCUT2D eigenvalue weighted by Crippen LogP contribution is -2.50. The zero-order valence-electron chi connectivity index (χ0n) is 16.1. The minimum absolute atomic E-state index is 0. The summed E-state index contributed by atoms with van der Waals surface area (Å²) < 4.78 is 13.8. The Morgan fingerprint density at radius 2 is 2.04 bits per heavy atom. The highest BCUT2D eigenvalue weighted by molar-refractivity contribution is 14.0. The molecule has 0 unspecified atom stereocenters. The number of rotatable bonds is 5. The fraction of sp³-hybridized carbons (Fsp3) is 0.579. The number of guanidine groups is 1. The second kappa shape index (κ2) is 11.7. The van der Waals surface area contributed by atoms with Crippen LogP contribution in [0.3, 0.4) is 0 Å². The predicted octanol–water partition coefficient (Wildman–Crippen LogP) is 3.45. The van der Waals surface area contributed by atoms with Crippen molar-refractivity contribution >= 4 is 47.4 Å². The molecule has 0 bridgehead atoms. The Kier molecular flexibility index (Phi) is 10.4. The van der Waals surface area contributed by atoms with E-state index in [9.17, 15) is 9.18 Å². The fourth-order valence-electron chi connectivity index (χ4n) is 3.07. The Labute approximate surface area is 183 Å². The van der Waals surface area contributed by atoms with Gasteiger partial charge in [0.15, 0.2) is 5.96 Å². The molecule has 0 atom stereocenters. The van der Waals surface area contributed by atoms with Crippen LogP contribution in [0.15, 0.2) is 23.2 Å². The minimum Gasteiger partial charge on any atom is -0.356 e. The molecule has 0 aromatic heterocycles. The van der Waals surface area contributed by atoms with Crippen LogP contribution in [0.1, 0.15) is 32.3 Å². The van der Waals surface area contributed by atoms with Crippen LogP contribution in [0, 0.1) is 11.7 Å². The van der Waals surface area contributed by atoms with Crippen molar-refractivity contribution in [2.45, 2.75) is 39.2 Å². The molecule has 27 heavy (non-hydrogen) atoms. The third kappa shape index (κ3) is 7.10. The number of benzene rings is 1. The molecule has 0 aliphatic carbocycles. The average Bonchev–Trinajstić information content (AvgIpc) is 2.63. The van der Waals surface area contributed by atoms with Gasteiger partial charge in [0, 0.05) is 49.2 Å². The lowest BCUT2D eigenvalue weighted by atomic mass is 10.0. The third-order valence-corrected chi connectivity index (χ3v) is 4.95. The number of halogens is 3. The smallest absolute Gasteiger partial charge is 0.225 e. The molecule has 5 nitrogen and oxygen atoms in total. The molecule has 0 saturated carbocycles. The number of amides is 1. The third-order valence-electron chi connectivity index (χ3n) is 4.59. The number of piperidine rings is 1. The van der Waals surface area contributed by atoms with E-state index >= 15 is 0 Å². The number of aliphatic imine (C=N–C) groups is 1. The Hall–Kier alpha value is -1.09. The summed E-state index contributed by atoms with van der Waals surface area (Å²) in [6, 6.07) is 4.99. The highest BCUT2D eigenvalue weighted by atomic mass is 127. The zero-order chi connectivity index (χ0) is 19.1. The fourth-order valence-corrected chi connectivity index (χ4v) is 3.33. The first-order chi connectivity index (χ1) is 12.4. The summed E-state index contributed by atoms with van der Waals surface area (Å²) >= 11 is 6.05. The van der Waals surface area contributed by atoms with Gasteiger partial charge in [-0.15, -0.1) is 24.0 Å². The van der Waals surface area contributed by atoms with E-state index in [0.29, 0.717) is 29.5 Å². The zero-order valence-corrected chi connectivity index (χ0v) is 19.2. The molecule has 0 radical (unpaired) electrons. The molecule has 0 spiro atoms. The number of carbonyl (C=O) groups excluding carboxylic acids is 1. The topological polar surface area (TPSA) is 56.7 Å². The maximum absolute atomic E-state index is 13.8. The standard InChI is InChI=1S/C19H28ClFN4O.HI/c1-13(2)18(26)25-11-8-14(9-12-25)24-19(22-3)23-10-7-15-16(20)5-4-6-17(15)21;/h4-6,13-14H,7-12H2,1-3H3,(H2,22,23,24);1H. The van der Waals surface area contributed by atoms with E-state index in [2.05, 4.69) is 15.6 Å². The van der Waals surface area contributed by atoms with Gasteiger partial charge in [0.25, 0.3) is 0 Å². The van der Waals surface area contributed by atoms with Gasteiger partial charge >= 0.3 is 0 Å². The lowest BCUT2D eigenvalue weighted by molar-refractivity contribution is -0.135. The summed E-state index contributed by atoms with van der Waals surface area (Å²) in [4.78, 5) is 18.2. The molecule has 1 aromatic rings. The van der Waals surface area contributed by atoms with E-state index in [1.807, 2.05) is 18.7 Å². The van der Waals surface area contributed by atoms with Gasteiger partial charge in [0.2, 0.25) is 5.91 Å². The summed E-state index contributed by atoms with van der Waals surface area (Å²) in [6.07, 6.45) is 2.25. The maximum atomic E-state index is 13.8. The number of nitrogens with zero attached hydrogens (tertiary/aromatic N) is 2. The van der Waals surface area contributed by atoms with Gasteiger partial charge in [0.05, 0.1) is 0 Å². The second-order valence-electron chi connectivity index (χ2n) is 6.85. The van der Waals surface area contributed by atoms with Crippen LogP contribution in [0.5, 0.6) is 0 Å². The van der Waals surface area contributed by atoms with Gasteiger partial charge < -0.3 is 15.5 Å². The van der Waals surface area contributed by atoms with E-state index < -0.39 is 0 Å². The van der Waals surface area contributed by atoms with Crippen LogP contribution < -0.4 is 10.6 Å². The van der Waals surface area contributed by atoms with Gasteiger partial charge in [-0.2, -0.15) is 0 Å². The summed E-state index contributed by atoms with van der Waals surface area (Å²) in [7, 11) is 1.71. The molecule has 1 amide bonds. The maximum Gasteiger partial charge on any atom is 0.225 e. The van der Waals surface area contributed by atoms with E-state index in [-0.39, 0.29) is 47.7 Å². The molecular weight excluding hydrogens is 482 g/mol. The average molecular weight is 511 g/mol. The molecule has 1 aliphatic heterocycles. The summed E-state index contributed by atoms with van der Waals surface area (Å²) in [5.74, 6) is 0.655. The Bertz CT molecular complexity index is 628. The molecular formula is C19H29ClFIN4O. The van der Waals surface area contributed by atoms with Gasteiger partial charge in [-0.05, 0) is 31.4 Å². The number of likely N-dealkylation sites (tertiary alicyclic amines) is 1. The highest BCUT2D eigenvalue weighted by Crippen LogP contribution is 2.19. The lowest BCUT2D eigenvalue weighted by Gasteiger charge is -2.34. The van der Waals surface area contributed by atoms with Crippen molar-refractivity contribution in [3.05, 3.63) is 34.6 Å². The van der Waals surface area contributed by atoms with E-state index in [1.165, 1.54) is 6.07 Å². The largest absolute Gasteiger partial charge is 0.356 e. The van der Waals surface area contributed by atoms with Crippen molar-refractivity contribution < 1.29 is 9.18 Å². The predicted molar refractivity (Wildman–Crippen MR) is 119 cm³/mol. The molecule has 1 aromatic carbocycles. The van der Waals surface area contributed by atoms with Crippen molar-refractivity contribution in [2.75, 3.05) is 26.7 Å². The second-order valence-corrected chi connectivity index (χ2v) is 7.26. The van der Waals surface area contributed by atoms with Gasteiger partial charge in [-0.3, -0.25) is 9.79 Å². The summed E-state index contributed by atoms with van der Waals surface area (Å²) in [5, 5.41) is 7.03. The van der Waals surface area contributed by atoms with Crippen LogP contribution in [0.25, 0.3) is 0 Å². The van der Waals surface area contributed by atoms with Gasteiger partial charge in [-0.25, -0.2) is 4.39 Å². The first kappa shape index (κ1) is 23.9. The SMILES string of the molecule is CN=C(NCCc1c(F)cccc1Cl)NC1CCN(C(=O)C(C)C)CC1.I. The Balaban J connectivity index is 0.00000364. The number of carbonyl (C=O) groups is 1. The van der Waals surface area contributed by atoms with E-state index in [4.69, 9.17) is 11.6 Å². The van der Waals surface area contributed by atoms with Crippen LogP contribution >= 0.6 is 35.6 Å². The van der Waals surface area contributed by atoms with Gasteiger partial charge in [-0.1, -0.05) is 31.5 Å².